The van der Waals surface area contributed by atoms with Crippen molar-refractivity contribution in [3.8, 4) is 0 Å². The lowest BCUT2D eigenvalue weighted by atomic mass is 10.1. The van der Waals surface area contributed by atoms with Crippen molar-refractivity contribution in [1.29, 1.82) is 0 Å². The molecule has 1 aromatic carbocycles. The van der Waals surface area contributed by atoms with Gasteiger partial charge in [0, 0.05) is 11.0 Å². The van der Waals surface area contributed by atoms with Crippen LogP contribution >= 0.6 is 27.7 Å². The standard InChI is InChI=1S/C15H19BrN2O2S/c1-10(2)4-3-7-18-13-6-5-11(16)8-12(13)17-15(18)21-9-14(19)20/h5-6,8,10H,3-4,7,9H2,1-2H3,(H,19,20). The first-order valence-electron chi connectivity index (χ1n) is 6.97. The number of nitrogens with zero attached hydrogens (tertiary/aromatic N) is 2. The molecule has 0 unspecified atom stereocenters. The van der Waals surface area contributed by atoms with Crippen LogP contribution in [0.5, 0.6) is 0 Å². The average molecular weight is 371 g/mol. The summed E-state index contributed by atoms with van der Waals surface area (Å²) in [6, 6.07) is 6.00. The fraction of sp³-hybridized carbons (Fsp3) is 0.467. The topological polar surface area (TPSA) is 55.1 Å². The van der Waals surface area contributed by atoms with Gasteiger partial charge in [-0.05, 0) is 37.0 Å². The van der Waals surface area contributed by atoms with Crippen LogP contribution in [0.2, 0.25) is 0 Å². The highest BCUT2D eigenvalue weighted by atomic mass is 79.9. The Balaban J connectivity index is 2.27. The van der Waals surface area contributed by atoms with Crippen LogP contribution in [0.15, 0.2) is 27.8 Å². The number of aliphatic carboxylic acids is 1. The number of hydrogen-bond donors (Lipinski definition) is 1. The van der Waals surface area contributed by atoms with Gasteiger partial charge < -0.3 is 9.67 Å². The van der Waals surface area contributed by atoms with Gasteiger partial charge in [-0.1, -0.05) is 41.5 Å². The van der Waals surface area contributed by atoms with Gasteiger partial charge in [0.05, 0.1) is 16.8 Å². The van der Waals surface area contributed by atoms with Gasteiger partial charge in [-0.3, -0.25) is 4.79 Å². The minimum atomic E-state index is -0.818. The molecule has 0 amide bonds. The summed E-state index contributed by atoms with van der Waals surface area (Å²) in [6.45, 7) is 5.30. The molecule has 21 heavy (non-hydrogen) atoms. The largest absolute Gasteiger partial charge is 0.481 e. The first-order chi connectivity index (χ1) is 9.97. The molecule has 0 atom stereocenters. The van der Waals surface area contributed by atoms with Gasteiger partial charge in [-0.2, -0.15) is 0 Å². The quantitative estimate of drug-likeness (QED) is 0.733. The lowest BCUT2D eigenvalue weighted by Gasteiger charge is -2.09. The molecule has 0 aliphatic rings. The van der Waals surface area contributed by atoms with Crippen molar-refractivity contribution in [2.45, 2.75) is 38.4 Å². The summed E-state index contributed by atoms with van der Waals surface area (Å²) >= 11 is 4.73. The fourth-order valence-corrected chi connectivity index (χ4v) is 3.30. The van der Waals surface area contributed by atoms with E-state index in [1.807, 2.05) is 18.2 Å². The second-order valence-electron chi connectivity index (χ2n) is 5.40. The number of rotatable bonds is 7. The summed E-state index contributed by atoms with van der Waals surface area (Å²) in [5, 5.41) is 9.65. The second kappa shape index (κ2) is 7.31. The molecule has 0 saturated carbocycles. The monoisotopic (exact) mass is 370 g/mol. The van der Waals surface area contributed by atoms with Crippen LogP contribution in [-0.4, -0.2) is 26.4 Å². The van der Waals surface area contributed by atoms with E-state index in [9.17, 15) is 4.79 Å². The van der Waals surface area contributed by atoms with Gasteiger partial charge in [0.15, 0.2) is 5.16 Å². The van der Waals surface area contributed by atoms with Crippen LogP contribution in [0.25, 0.3) is 11.0 Å². The summed E-state index contributed by atoms with van der Waals surface area (Å²) < 4.78 is 3.12. The first-order valence-corrected chi connectivity index (χ1v) is 8.75. The average Bonchev–Trinajstić information content (AvgIpc) is 2.73. The van der Waals surface area contributed by atoms with Crippen LogP contribution < -0.4 is 0 Å². The lowest BCUT2D eigenvalue weighted by Crippen LogP contribution is -2.04. The molecule has 2 rings (SSSR count). The molecule has 0 aliphatic heterocycles. The van der Waals surface area contributed by atoms with Gasteiger partial charge in [-0.15, -0.1) is 0 Å². The molecule has 1 N–H and O–H groups in total. The molecule has 0 spiro atoms. The summed E-state index contributed by atoms with van der Waals surface area (Å²) in [5.74, 6) is -0.111. The summed E-state index contributed by atoms with van der Waals surface area (Å²) in [6.07, 6.45) is 2.22. The Morgan fingerprint density at radius 1 is 1.48 bits per heavy atom. The molecule has 6 heteroatoms. The molecule has 0 aliphatic carbocycles. The van der Waals surface area contributed by atoms with Crippen molar-refractivity contribution < 1.29 is 9.90 Å². The van der Waals surface area contributed by atoms with Crippen molar-refractivity contribution >= 4 is 44.7 Å². The highest BCUT2D eigenvalue weighted by Gasteiger charge is 2.13. The van der Waals surface area contributed by atoms with E-state index in [2.05, 4.69) is 39.3 Å². The zero-order chi connectivity index (χ0) is 15.4. The molecule has 4 nitrogen and oxygen atoms in total. The van der Waals surface area contributed by atoms with Gasteiger partial charge in [-0.25, -0.2) is 4.98 Å². The molecular formula is C15H19BrN2O2S. The number of imidazole rings is 1. The molecule has 0 saturated heterocycles. The SMILES string of the molecule is CC(C)CCCn1c(SCC(=O)O)nc2cc(Br)ccc21. The Morgan fingerprint density at radius 3 is 2.90 bits per heavy atom. The van der Waals surface area contributed by atoms with Crippen molar-refractivity contribution in [2.75, 3.05) is 5.75 Å². The maximum atomic E-state index is 10.8. The number of halogens is 1. The Bertz CT molecular complexity index is 640. The van der Waals surface area contributed by atoms with Crippen LogP contribution in [0.4, 0.5) is 0 Å². The number of aromatic nitrogens is 2. The molecular weight excluding hydrogens is 352 g/mol. The summed E-state index contributed by atoms with van der Waals surface area (Å²) in [7, 11) is 0. The van der Waals surface area contributed by atoms with Gasteiger partial charge in [0.25, 0.3) is 0 Å². The highest BCUT2D eigenvalue weighted by Crippen LogP contribution is 2.27. The lowest BCUT2D eigenvalue weighted by molar-refractivity contribution is -0.133. The minimum Gasteiger partial charge on any atom is -0.481 e. The van der Waals surface area contributed by atoms with Gasteiger partial charge >= 0.3 is 5.97 Å². The molecule has 0 radical (unpaired) electrons. The van der Waals surface area contributed by atoms with Crippen LogP contribution in [0.3, 0.4) is 0 Å². The highest BCUT2D eigenvalue weighted by molar-refractivity contribution is 9.10. The van der Waals surface area contributed by atoms with E-state index in [-0.39, 0.29) is 5.75 Å². The van der Waals surface area contributed by atoms with E-state index in [0.29, 0.717) is 5.92 Å². The zero-order valence-corrected chi connectivity index (χ0v) is 14.6. The van der Waals surface area contributed by atoms with Gasteiger partial charge in [0.1, 0.15) is 0 Å². The predicted octanol–water partition coefficient (Wildman–Crippen LogP) is 4.41. The number of fused-ring (bicyclic) bond motifs is 1. The van der Waals surface area contributed by atoms with Crippen molar-refractivity contribution in [1.82, 2.24) is 9.55 Å². The number of thioether (sulfide) groups is 1. The van der Waals surface area contributed by atoms with Crippen molar-refractivity contribution in [3.63, 3.8) is 0 Å². The fourth-order valence-electron chi connectivity index (χ4n) is 2.19. The van der Waals surface area contributed by atoms with E-state index in [4.69, 9.17) is 5.11 Å². The van der Waals surface area contributed by atoms with Gasteiger partial charge in [0.2, 0.25) is 0 Å². The first kappa shape index (κ1) is 16.4. The van der Waals surface area contributed by atoms with E-state index < -0.39 is 5.97 Å². The molecule has 2 aromatic rings. The third kappa shape index (κ3) is 4.48. The Kier molecular flexibility index (Phi) is 5.70. The van der Waals surface area contributed by atoms with Crippen molar-refractivity contribution in [2.24, 2.45) is 5.92 Å². The number of carboxylic acid groups (broad SMARTS) is 1. The van der Waals surface area contributed by atoms with Crippen LogP contribution in [0, 0.1) is 5.92 Å². The predicted molar refractivity (Wildman–Crippen MR) is 89.9 cm³/mol. The Labute approximate surface area is 137 Å². The number of carboxylic acids is 1. The molecule has 1 aromatic heterocycles. The van der Waals surface area contributed by atoms with Crippen LogP contribution in [0.1, 0.15) is 26.7 Å². The van der Waals surface area contributed by atoms with E-state index >= 15 is 0 Å². The molecule has 114 valence electrons. The number of hydrogen-bond acceptors (Lipinski definition) is 3. The summed E-state index contributed by atoms with van der Waals surface area (Å²) in [5.41, 5.74) is 1.97. The third-order valence-electron chi connectivity index (χ3n) is 3.16. The number of benzene rings is 1. The Morgan fingerprint density at radius 2 is 2.24 bits per heavy atom. The zero-order valence-electron chi connectivity index (χ0n) is 12.2. The third-order valence-corrected chi connectivity index (χ3v) is 4.62. The van der Waals surface area contributed by atoms with Crippen molar-refractivity contribution in [3.05, 3.63) is 22.7 Å². The Hall–Kier alpha value is -1.01. The minimum absolute atomic E-state index is 0.0364. The molecule has 0 bridgehead atoms. The normalized spacial score (nSPS) is 11.4. The van der Waals surface area contributed by atoms with E-state index in [1.165, 1.54) is 11.8 Å². The summed E-state index contributed by atoms with van der Waals surface area (Å²) in [4.78, 5) is 15.4. The maximum absolute atomic E-state index is 10.8. The van der Waals surface area contributed by atoms with E-state index in [0.717, 1.165) is 40.0 Å². The molecule has 1 heterocycles. The molecule has 0 fully saturated rings. The van der Waals surface area contributed by atoms with Crippen LogP contribution in [-0.2, 0) is 11.3 Å². The number of aryl methyl sites for hydroxylation is 1. The van der Waals surface area contributed by atoms with E-state index in [1.54, 1.807) is 0 Å². The smallest absolute Gasteiger partial charge is 0.313 e. The second-order valence-corrected chi connectivity index (χ2v) is 7.26. The maximum Gasteiger partial charge on any atom is 0.313 e. The number of carbonyl (C=O) groups is 1.